The van der Waals surface area contributed by atoms with Gasteiger partial charge in [-0.25, -0.2) is 4.79 Å². The van der Waals surface area contributed by atoms with E-state index < -0.39 is 0 Å². The summed E-state index contributed by atoms with van der Waals surface area (Å²) in [5.74, 6) is 1.62. The molecule has 2 aromatic carbocycles. The first kappa shape index (κ1) is 20.2. The van der Waals surface area contributed by atoms with E-state index in [0.717, 1.165) is 59.6 Å². The summed E-state index contributed by atoms with van der Waals surface area (Å²) >= 11 is 0. The fourth-order valence-corrected chi connectivity index (χ4v) is 4.44. The number of benzene rings is 2. The molecule has 4 aromatic rings. The number of nitrogens with one attached hydrogen (secondary N) is 1. The number of imidazole rings is 1. The Bertz CT molecular complexity index is 1380. The van der Waals surface area contributed by atoms with Gasteiger partial charge in [0.05, 0.1) is 11.0 Å². The molecule has 1 aliphatic heterocycles. The van der Waals surface area contributed by atoms with Gasteiger partial charge in [0.15, 0.2) is 5.82 Å². The van der Waals surface area contributed by atoms with Crippen LogP contribution in [-0.4, -0.2) is 29.8 Å². The van der Waals surface area contributed by atoms with E-state index in [1.807, 2.05) is 49.4 Å². The summed E-state index contributed by atoms with van der Waals surface area (Å²) in [7, 11) is 1.72. The number of hydrogen-bond donors (Lipinski definition) is 1. The van der Waals surface area contributed by atoms with Gasteiger partial charge in [-0.1, -0.05) is 30.7 Å². The van der Waals surface area contributed by atoms with Crippen molar-refractivity contribution in [3.63, 3.8) is 0 Å². The lowest BCUT2D eigenvalue weighted by Crippen LogP contribution is -2.28. The molecule has 1 N–H and O–H groups in total. The van der Waals surface area contributed by atoms with Crippen molar-refractivity contribution >= 4 is 22.6 Å². The third-order valence-electron chi connectivity index (χ3n) is 6.23. The third-order valence-corrected chi connectivity index (χ3v) is 6.23. The van der Waals surface area contributed by atoms with Crippen molar-refractivity contribution in [2.75, 3.05) is 5.32 Å². The number of amides is 1. The Morgan fingerprint density at radius 2 is 1.88 bits per heavy atom. The van der Waals surface area contributed by atoms with Gasteiger partial charge in [-0.3, -0.25) is 13.9 Å². The third kappa shape index (κ3) is 3.51. The van der Waals surface area contributed by atoms with Crippen LogP contribution in [0.3, 0.4) is 0 Å². The number of rotatable bonds is 4. The van der Waals surface area contributed by atoms with E-state index in [-0.39, 0.29) is 18.1 Å². The van der Waals surface area contributed by atoms with Crippen LogP contribution in [-0.2, 0) is 31.4 Å². The molecule has 0 unspecified atom stereocenters. The number of carbonyl (C=O) groups is 1. The zero-order valence-electron chi connectivity index (χ0n) is 18.3. The number of anilines is 1. The minimum Gasteiger partial charge on any atom is -0.324 e. The largest absolute Gasteiger partial charge is 0.329 e. The van der Waals surface area contributed by atoms with Gasteiger partial charge in [-0.2, -0.15) is 0 Å². The first-order valence-corrected chi connectivity index (χ1v) is 11.0. The molecule has 8 nitrogen and oxygen atoms in total. The van der Waals surface area contributed by atoms with E-state index in [0.29, 0.717) is 5.69 Å². The van der Waals surface area contributed by atoms with E-state index in [1.54, 1.807) is 11.6 Å². The first-order chi connectivity index (χ1) is 15.5. The molecule has 0 saturated heterocycles. The van der Waals surface area contributed by atoms with Gasteiger partial charge >= 0.3 is 5.69 Å². The van der Waals surface area contributed by atoms with Crippen LogP contribution in [0.15, 0.2) is 47.3 Å². The summed E-state index contributed by atoms with van der Waals surface area (Å²) in [6, 6.07) is 13.4. The fraction of sp³-hybridized carbons (Fsp3) is 0.333. The monoisotopic (exact) mass is 430 g/mol. The fourth-order valence-electron chi connectivity index (χ4n) is 4.44. The second-order valence-corrected chi connectivity index (χ2v) is 8.40. The number of hydrogen-bond acceptors (Lipinski definition) is 4. The van der Waals surface area contributed by atoms with Gasteiger partial charge < -0.3 is 9.88 Å². The number of para-hydroxylation sites is 2. The van der Waals surface area contributed by atoms with Crippen LogP contribution >= 0.6 is 0 Å². The molecule has 0 aliphatic carbocycles. The molecule has 0 saturated carbocycles. The maximum absolute atomic E-state index is 12.9. The van der Waals surface area contributed by atoms with Crippen LogP contribution in [0, 0.1) is 6.92 Å². The summed E-state index contributed by atoms with van der Waals surface area (Å²) in [6.45, 7) is 2.81. The first-order valence-electron chi connectivity index (χ1n) is 11.0. The molecule has 0 spiro atoms. The number of carbonyl (C=O) groups excluding carboxylic acids is 1. The van der Waals surface area contributed by atoms with Crippen LogP contribution in [0.25, 0.3) is 22.4 Å². The molecule has 0 bridgehead atoms. The number of aryl methyl sites for hydroxylation is 3. The maximum Gasteiger partial charge on any atom is 0.329 e. The topological polar surface area (TPSA) is 86.7 Å². The maximum atomic E-state index is 12.9. The van der Waals surface area contributed by atoms with Crippen LogP contribution in [0.4, 0.5) is 5.69 Å². The van der Waals surface area contributed by atoms with E-state index in [4.69, 9.17) is 0 Å². The average Bonchev–Trinajstić information content (AvgIpc) is 3.18. The predicted octanol–water partition coefficient (Wildman–Crippen LogP) is 3.27. The Kier molecular flexibility index (Phi) is 5.13. The van der Waals surface area contributed by atoms with Crippen molar-refractivity contribution < 1.29 is 4.79 Å². The van der Waals surface area contributed by atoms with Crippen LogP contribution < -0.4 is 11.0 Å². The van der Waals surface area contributed by atoms with E-state index in [2.05, 4.69) is 20.1 Å². The molecular formula is C24H26N6O2. The molecule has 3 heterocycles. The molecule has 1 amide bonds. The lowest BCUT2D eigenvalue weighted by atomic mass is 10.1. The second-order valence-electron chi connectivity index (χ2n) is 8.40. The SMILES string of the molecule is Cc1ccc(-c2nnc3n2CCCCC3)cc1NC(=O)Cn1c(=O)n(C)c2ccccc21. The minimum atomic E-state index is -0.247. The predicted molar refractivity (Wildman–Crippen MR) is 124 cm³/mol. The smallest absolute Gasteiger partial charge is 0.324 e. The van der Waals surface area contributed by atoms with Crippen LogP contribution in [0.1, 0.15) is 30.7 Å². The quantitative estimate of drug-likeness (QED) is 0.538. The lowest BCUT2D eigenvalue weighted by Gasteiger charge is -2.12. The Hall–Kier alpha value is -3.68. The van der Waals surface area contributed by atoms with Crippen molar-refractivity contribution in [3.8, 4) is 11.4 Å². The van der Waals surface area contributed by atoms with Crippen molar-refractivity contribution in [1.29, 1.82) is 0 Å². The van der Waals surface area contributed by atoms with E-state index in [9.17, 15) is 9.59 Å². The van der Waals surface area contributed by atoms with Crippen LogP contribution in [0.5, 0.6) is 0 Å². The molecule has 8 heteroatoms. The number of nitrogens with zero attached hydrogens (tertiary/aromatic N) is 5. The summed E-state index contributed by atoms with van der Waals surface area (Å²) in [4.78, 5) is 25.5. The standard InChI is InChI=1S/C24H26N6O2/c1-16-11-12-17(23-27-26-21-10-4-3-7-13-29(21)23)14-18(16)25-22(31)15-30-20-9-6-5-8-19(20)28(2)24(30)32/h5-6,8-9,11-12,14H,3-4,7,10,13,15H2,1-2H3,(H,25,31). The molecule has 5 rings (SSSR count). The zero-order valence-corrected chi connectivity index (χ0v) is 18.3. The molecule has 0 radical (unpaired) electrons. The summed E-state index contributed by atoms with van der Waals surface area (Å²) in [5.41, 5.74) is 3.92. The summed E-state index contributed by atoms with van der Waals surface area (Å²) < 4.78 is 5.26. The summed E-state index contributed by atoms with van der Waals surface area (Å²) in [5, 5.41) is 11.8. The highest BCUT2D eigenvalue weighted by Crippen LogP contribution is 2.27. The molecule has 164 valence electrons. The van der Waals surface area contributed by atoms with Gasteiger partial charge in [-0.15, -0.1) is 10.2 Å². The van der Waals surface area contributed by atoms with Gasteiger partial charge in [0, 0.05) is 31.3 Å². The zero-order chi connectivity index (χ0) is 22.2. The van der Waals surface area contributed by atoms with Crippen molar-refractivity contribution in [2.45, 2.75) is 45.7 Å². The van der Waals surface area contributed by atoms with Crippen molar-refractivity contribution in [1.82, 2.24) is 23.9 Å². The Morgan fingerprint density at radius 1 is 1.06 bits per heavy atom. The number of fused-ring (bicyclic) bond motifs is 2. The lowest BCUT2D eigenvalue weighted by molar-refractivity contribution is -0.116. The van der Waals surface area contributed by atoms with Gasteiger partial charge in [0.2, 0.25) is 5.91 Å². The Labute approximate surface area is 185 Å². The van der Waals surface area contributed by atoms with Crippen molar-refractivity contribution in [3.05, 3.63) is 64.3 Å². The highest BCUT2D eigenvalue weighted by Gasteiger charge is 2.18. The Morgan fingerprint density at radius 3 is 2.72 bits per heavy atom. The van der Waals surface area contributed by atoms with Gasteiger partial charge in [0.25, 0.3) is 0 Å². The highest BCUT2D eigenvalue weighted by atomic mass is 16.2. The molecule has 0 fully saturated rings. The molecule has 0 atom stereocenters. The molecular weight excluding hydrogens is 404 g/mol. The summed E-state index contributed by atoms with van der Waals surface area (Å²) in [6.07, 6.45) is 4.40. The normalized spacial score (nSPS) is 13.7. The second kappa shape index (κ2) is 8.11. The van der Waals surface area contributed by atoms with Crippen LogP contribution in [0.2, 0.25) is 0 Å². The van der Waals surface area contributed by atoms with E-state index >= 15 is 0 Å². The van der Waals surface area contributed by atoms with Gasteiger partial charge in [-0.05, 0) is 43.5 Å². The van der Waals surface area contributed by atoms with E-state index in [1.165, 1.54) is 11.0 Å². The van der Waals surface area contributed by atoms with Gasteiger partial charge in [0.1, 0.15) is 12.4 Å². The van der Waals surface area contributed by atoms with Crippen molar-refractivity contribution in [2.24, 2.45) is 7.05 Å². The average molecular weight is 431 g/mol. The Balaban J connectivity index is 1.42. The highest BCUT2D eigenvalue weighted by molar-refractivity contribution is 5.93. The molecule has 2 aromatic heterocycles. The molecule has 32 heavy (non-hydrogen) atoms. The minimum absolute atomic E-state index is 0.0514. The molecule has 1 aliphatic rings. The number of aromatic nitrogens is 5.